The molecule has 0 saturated heterocycles. The minimum absolute atomic E-state index is 0.912. The zero-order chi connectivity index (χ0) is 31.3. The van der Waals surface area contributed by atoms with Crippen LogP contribution in [0, 0.1) is 0 Å². The molecule has 1 aliphatic carbocycles. The van der Waals surface area contributed by atoms with Gasteiger partial charge in [0.1, 0.15) is 5.82 Å². The molecular formula is C45H27N3. The zero-order valence-electron chi connectivity index (χ0n) is 25.9. The van der Waals surface area contributed by atoms with Crippen LogP contribution in [0.15, 0.2) is 164 Å². The van der Waals surface area contributed by atoms with E-state index in [2.05, 4.69) is 173 Å². The van der Waals surface area contributed by atoms with Gasteiger partial charge in [0.25, 0.3) is 0 Å². The van der Waals surface area contributed by atoms with E-state index in [1.54, 1.807) is 0 Å². The minimum atomic E-state index is 0.912. The van der Waals surface area contributed by atoms with Crippen LogP contribution in [-0.2, 0) is 0 Å². The smallest absolute Gasteiger partial charge is 0.138 e. The van der Waals surface area contributed by atoms with Crippen LogP contribution in [0.4, 0.5) is 0 Å². The van der Waals surface area contributed by atoms with E-state index in [0.29, 0.717) is 0 Å². The zero-order valence-corrected chi connectivity index (χ0v) is 25.9. The summed E-state index contributed by atoms with van der Waals surface area (Å²) < 4.78 is 4.84. The van der Waals surface area contributed by atoms with Gasteiger partial charge in [0, 0.05) is 38.4 Å². The molecule has 11 rings (SSSR count). The van der Waals surface area contributed by atoms with E-state index in [1.807, 2.05) is 0 Å². The fourth-order valence-electron chi connectivity index (χ4n) is 8.33. The summed E-state index contributed by atoms with van der Waals surface area (Å²) in [5.41, 5.74) is 13.0. The highest BCUT2D eigenvalue weighted by Gasteiger charge is 2.29. The van der Waals surface area contributed by atoms with Crippen molar-refractivity contribution < 1.29 is 0 Å². The number of para-hydroxylation sites is 2. The summed E-state index contributed by atoms with van der Waals surface area (Å²) in [5.74, 6) is 0.912. The third kappa shape index (κ3) is 3.35. The molecule has 0 radical (unpaired) electrons. The van der Waals surface area contributed by atoms with Crippen molar-refractivity contribution in [2.75, 3.05) is 0 Å². The van der Waals surface area contributed by atoms with Crippen LogP contribution in [-0.4, -0.2) is 14.1 Å². The predicted molar refractivity (Wildman–Crippen MR) is 200 cm³/mol. The Morgan fingerprint density at radius 1 is 0.396 bits per heavy atom. The summed E-state index contributed by atoms with van der Waals surface area (Å²) in [7, 11) is 0. The first-order valence-electron chi connectivity index (χ1n) is 16.5. The van der Waals surface area contributed by atoms with Crippen LogP contribution in [0.1, 0.15) is 0 Å². The van der Waals surface area contributed by atoms with Crippen molar-refractivity contribution in [2.24, 2.45) is 0 Å². The Bertz CT molecular complexity index is 2930. The number of rotatable bonds is 3. The van der Waals surface area contributed by atoms with Crippen molar-refractivity contribution in [1.29, 1.82) is 0 Å². The monoisotopic (exact) mass is 609 g/mol. The Morgan fingerprint density at radius 3 is 1.98 bits per heavy atom. The van der Waals surface area contributed by atoms with Crippen molar-refractivity contribution in [1.82, 2.24) is 14.1 Å². The third-order valence-corrected chi connectivity index (χ3v) is 10.2. The van der Waals surface area contributed by atoms with Crippen molar-refractivity contribution in [3.63, 3.8) is 0 Å². The Hall–Kier alpha value is -6.45. The van der Waals surface area contributed by atoms with Gasteiger partial charge in [0.05, 0.1) is 27.8 Å². The molecule has 48 heavy (non-hydrogen) atoms. The van der Waals surface area contributed by atoms with Gasteiger partial charge in [0.2, 0.25) is 0 Å². The van der Waals surface area contributed by atoms with Crippen LogP contribution in [0.5, 0.6) is 0 Å². The number of hydrogen-bond donors (Lipinski definition) is 0. The highest BCUT2D eigenvalue weighted by Crippen LogP contribution is 2.53. The summed E-state index contributed by atoms with van der Waals surface area (Å²) in [5, 5.41) is 7.66. The first-order chi connectivity index (χ1) is 23.8. The number of benzene rings is 7. The second-order valence-electron chi connectivity index (χ2n) is 12.7. The summed E-state index contributed by atoms with van der Waals surface area (Å²) in [6.45, 7) is 0. The number of aromatic nitrogens is 3. The molecule has 0 N–H and O–H groups in total. The van der Waals surface area contributed by atoms with E-state index >= 15 is 0 Å². The molecule has 0 saturated carbocycles. The highest BCUT2D eigenvalue weighted by atomic mass is 15.1. The maximum Gasteiger partial charge on any atom is 0.138 e. The molecule has 0 spiro atoms. The highest BCUT2D eigenvalue weighted by molar-refractivity contribution is 6.36. The molecule has 0 amide bonds. The lowest BCUT2D eigenvalue weighted by Gasteiger charge is -2.15. The molecule has 3 aromatic heterocycles. The summed E-state index contributed by atoms with van der Waals surface area (Å²) in [6, 6.07) is 59.2. The van der Waals surface area contributed by atoms with Crippen molar-refractivity contribution in [3.05, 3.63) is 164 Å². The third-order valence-electron chi connectivity index (χ3n) is 10.2. The van der Waals surface area contributed by atoms with Crippen molar-refractivity contribution >= 4 is 54.4 Å². The molecule has 10 aromatic rings. The van der Waals surface area contributed by atoms with Gasteiger partial charge >= 0.3 is 0 Å². The Morgan fingerprint density at radius 2 is 1.10 bits per heavy atom. The second kappa shape index (κ2) is 9.54. The van der Waals surface area contributed by atoms with Crippen LogP contribution >= 0.6 is 0 Å². The first-order valence-corrected chi connectivity index (χ1v) is 16.5. The lowest BCUT2D eigenvalue weighted by atomic mass is 9.91. The van der Waals surface area contributed by atoms with E-state index < -0.39 is 0 Å². The molecule has 0 bridgehead atoms. The van der Waals surface area contributed by atoms with E-state index in [0.717, 1.165) is 28.3 Å². The number of nitrogens with zero attached hydrogens (tertiary/aromatic N) is 3. The van der Waals surface area contributed by atoms with Gasteiger partial charge in [-0.05, 0) is 69.9 Å². The van der Waals surface area contributed by atoms with Gasteiger partial charge in [-0.2, -0.15) is 0 Å². The van der Waals surface area contributed by atoms with Gasteiger partial charge in [0.15, 0.2) is 0 Å². The standard InChI is InChI=1S/C45H27N3/c1-3-13-28(14-4-1)35-22-12-24-40(46-35)48-37-26-25-29-15-11-21-32-31-18-7-8-19-33(31)43-42-34-20-9-10-23-36(34)47(30-16-5-2-6-17-30)38(42)27-39(48)45(43)44(37)41(29)32/h1-27H. The molecular weight excluding hydrogens is 583 g/mol. The number of pyridine rings is 1. The molecule has 0 atom stereocenters. The second-order valence-corrected chi connectivity index (χ2v) is 12.7. The fourth-order valence-corrected chi connectivity index (χ4v) is 8.33. The van der Waals surface area contributed by atoms with E-state index in [4.69, 9.17) is 4.98 Å². The summed E-state index contributed by atoms with van der Waals surface area (Å²) in [4.78, 5) is 5.34. The molecule has 7 aromatic carbocycles. The molecule has 3 heterocycles. The molecule has 1 aliphatic rings. The van der Waals surface area contributed by atoms with Gasteiger partial charge in [-0.25, -0.2) is 4.98 Å². The Labute approximate surface area is 276 Å². The van der Waals surface area contributed by atoms with Gasteiger partial charge in [-0.15, -0.1) is 0 Å². The van der Waals surface area contributed by atoms with Gasteiger partial charge in [-0.3, -0.25) is 4.57 Å². The fraction of sp³-hybridized carbons (Fsp3) is 0. The van der Waals surface area contributed by atoms with E-state index in [9.17, 15) is 0 Å². The topological polar surface area (TPSA) is 22.8 Å². The molecule has 0 fully saturated rings. The quantitative estimate of drug-likeness (QED) is 0.195. The summed E-state index contributed by atoms with van der Waals surface area (Å²) >= 11 is 0. The average Bonchev–Trinajstić information content (AvgIpc) is 3.63. The normalized spacial score (nSPS) is 12.2. The lowest BCUT2D eigenvalue weighted by Crippen LogP contribution is -2.00. The molecule has 222 valence electrons. The lowest BCUT2D eigenvalue weighted by molar-refractivity contribution is 1.08. The van der Waals surface area contributed by atoms with Gasteiger partial charge < -0.3 is 4.57 Å². The number of fused-ring (bicyclic) bond motifs is 7. The van der Waals surface area contributed by atoms with Crippen molar-refractivity contribution in [2.45, 2.75) is 0 Å². The van der Waals surface area contributed by atoms with E-state index in [1.165, 1.54) is 71.1 Å². The van der Waals surface area contributed by atoms with Crippen LogP contribution < -0.4 is 0 Å². The molecule has 3 nitrogen and oxygen atoms in total. The van der Waals surface area contributed by atoms with Crippen LogP contribution in [0.2, 0.25) is 0 Å². The molecule has 3 heteroatoms. The molecule has 0 unspecified atom stereocenters. The predicted octanol–water partition coefficient (Wildman–Crippen LogP) is 11.7. The minimum Gasteiger partial charge on any atom is -0.309 e. The average molecular weight is 610 g/mol. The Kier molecular flexibility index (Phi) is 5.11. The van der Waals surface area contributed by atoms with Crippen LogP contribution in [0.3, 0.4) is 0 Å². The Balaban J connectivity index is 1.42. The van der Waals surface area contributed by atoms with Gasteiger partial charge in [-0.1, -0.05) is 121 Å². The van der Waals surface area contributed by atoms with Crippen molar-refractivity contribution in [3.8, 4) is 45.0 Å². The van der Waals surface area contributed by atoms with Crippen LogP contribution in [0.25, 0.3) is 99.4 Å². The largest absolute Gasteiger partial charge is 0.309 e. The summed E-state index contributed by atoms with van der Waals surface area (Å²) in [6.07, 6.45) is 0. The maximum absolute atomic E-state index is 5.34. The maximum atomic E-state index is 5.34. The first kappa shape index (κ1) is 25.7. The number of hydrogen-bond acceptors (Lipinski definition) is 1. The molecule has 0 aliphatic heterocycles. The van der Waals surface area contributed by atoms with E-state index in [-0.39, 0.29) is 0 Å². The SMILES string of the molecule is c1ccc(-c2cccc(-n3c4cc5c(c6c4c4c7c(cccc7ccc43)-c3ccccc3-6)c3ccccc3n5-c3ccccc3)n2)cc1.